The Kier molecular flexibility index (Phi) is 2.18. The molecule has 2 aromatic carbocycles. The summed E-state index contributed by atoms with van der Waals surface area (Å²) in [5.74, 6) is -0.00185. The van der Waals surface area contributed by atoms with Gasteiger partial charge in [0.25, 0.3) is 0 Å². The molecule has 0 bridgehead atoms. The average Bonchev–Trinajstić information content (AvgIpc) is 2.72. The van der Waals surface area contributed by atoms with E-state index in [1.165, 1.54) is 0 Å². The Bertz CT molecular complexity index is 849. The Balaban J connectivity index is 2.07. The Morgan fingerprint density at radius 2 is 1.80 bits per heavy atom. The molecule has 1 aliphatic carbocycles. The molecule has 20 heavy (non-hydrogen) atoms. The molecule has 1 heterocycles. The first-order valence-electron chi connectivity index (χ1n) is 6.13. The topological polar surface area (TPSA) is 49.7 Å². The molecule has 4 heteroatoms. The van der Waals surface area contributed by atoms with Gasteiger partial charge >= 0.3 is 0 Å². The van der Waals surface area contributed by atoms with Gasteiger partial charge in [0, 0.05) is 16.7 Å². The van der Waals surface area contributed by atoms with Crippen molar-refractivity contribution in [1.29, 1.82) is 0 Å². The number of Topliss-reactive ketones (excluding diaryl/α,β-unsaturated/α-hetero) is 1. The van der Waals surface area contributed by atoms with E-state index in [-0.39, 0.29) is 11.5 Å². The van der Waals surface area contributed by atoms with Crippen molar-refractivity contribution in [3.05, 3.63) is 64.7 Å². The van der Waals surface area contributed by atoms with Crippen LogP contribution in [-0.2, 0) is 0 Å². The Morgan fingerprint density at radius 1 is 1.00 bits per heavy atom. The van der Waals surface area contributed by atoms with E-state index in [0.29, 0.717) is 33.1 Å². The highest BCUT2D eigenvalue weighted by Gasteiger charge is 2.35. The van der Waals surface area contributed by atoms with Gasteiger partial charge in [-0.2, -0.15) is 0 Å². The first kappa shape index (κ1) is 11.4. The SMILES string of the molecule is O=C1C2=C(Cl)c3cc(O)ccc3C2=Nc2ccccc21. The molecule has 4 rings (SSSR count). The molecule has 0 unspecified atom stereocenters. The zero-order valence-electron chi connectivity index (χ0n) is 10.2. The van der Waals surface area contributed by atoms with Crippen LogP contribution >= 0.6 is 11.6 Å². The second-order valence-corrected chi connectivity index (χ2v) is 5.10. The predicted octanol–water partition coefficient (Wildman–Crippen LogP) is 3.67. The molecule has 0 saturated heterocycles. The maximum atomic E-state index is 12.6. The lowest BCUT2D eigenvalue weighted by Crippen LogP contribution is -2.15. The van der Waals surface area contributed by atoms with E-state index >= 15 is 0 Å². The number of nitrogens with zero attached hydrogens (tertiary/aromatic N) is 1. The molecule has 0 fully saturated rings. The zero-order chi connectivity index (χ0) is 13.9. The van der Waals surface area contributed by atoms with Gasteiger partial charge in [-0.25, -0.2) is 4.99 Å². The Morgan fingerprint density at radius 3 is 2.65 bits per heavy atom. The first-order valence-corrected chi connectivity index (χ1v) is 6.51. The van der Waals surface area contributed by atoms with Crippen LogP contribution in [-0.4, -0.2) is 16.6 Å². The van der Waals surface area contributed by atoms with Crippen LogP contribution in [0.4, 0.5) is 5.69 Å². The van der Waals surface area contributed by atoms with Crippen LogP contribution in [0.5, 0.6) is 5.75 Å². The average molecular weight is 282 g/mol. The summed E-state index contributed by atoms with van der Waals surface area (Å²) in [6.07, 6.45) is 0. The third-order valence-corrected chi connectivity index (χ3v) is 3.95. The normalized spacial score (nSPS) is 15.7. The minimum absolute atomic E-state index is 0.117. The number of phenolic OH excluding ortho intramolecular Hbond substituents is 1. The number of allylic oxidation sites excluding steroid dienone is 1. The van der Waals surface area contributed by atoms with E-state index in [1.54, 1.807) is 30.3 Å². The van der Waals surface area contributed by atoms with E-state index in [1.807, 2.05) is 12.1 Å². The number of aromatic hydroxyl groups is 1. The summed E-state index contributed by atoms with van der Waals surface area (Å²) in [7, 11) is 0. The third-order valence-electron chi connectivity index (χ3n) is 3.56. The predicted molar refractivity (Wildman–Crippen MR) is 77.8 cm³/mol. The van der Waals surface area contributed by atoms with Crippen molar-refractivity contribution in [2.45, 2.75) is 0 Å². The molecular weight excluding hydrogens is 274 g/mol. The lowest BCUT2D eigenvalue weighted by Gasteiger charge is -2.14. The molecule has 0 aromatic heterocycles. The molecule has 0 saturated carbocycles. The van der Waals surface area contributed by atoms with Crippen LogP contribution in [0.2, 0.25) is 0 Å². The third kappa shape index (κ3) is 1.35. The largest absolute Gasteiger partial charge is 0.508 e. The standard InChI is InChI=1S/C16H8ClNO2/c17-14-11-7-8(19)5-6-9(11)15-13(14)16(20)10-3-1-2-4-12(10)18-15/h1-7,19H. The number of rotatable bonds is 0. The lowest BCUT2D eigenvalue weighted by molar-refractivity contribution is 0.104. The number of benzene rings is 2. The van der Waals surface area contributed by atoms with Gasteiger partial charge in [-0.15, -0.1) is 0 Å². The van der Waals surface area contributed by atoms with Crippen molar-refractivity contribution in [2.24, 2.45) is 4.99 Å². The van der Waals surface area contributed by atoms with E-state index in [0.717, 1.165) is 5.56 Å². The number of hydrogen-bond donors (Lipinski definition) is 1. The van der Waals surface area contributed by atoms with Gasteiger partial charge < -0.3 is 5.11 Å². The number of phenols is 1. The highest BCUT2D eigenvalue weighted by molar-refractivity contribution is 6.60. The van der Waals surface area contributed by atoms with Crippen LogP contribution in [0, 0.1) is 0 Å². The monoisotopic (exact) mass is 281 g/mol. The summed E-state index contributed by atoms with van der Waals surface area (Å²) in [4.78, 5) is 17.1. The minimum Gasteiger partial charge on any atom is -0.508 e. The van der Waals surface area contributed by atoms with E-state index in [2.05, 4.69) is 4.99 Å². The van der Waals surface area contributed by atoms with E-state index < -0.39 is 0 Å². The number of ketones is 1. The highest BCUT2D eigenvalue weighted by atomic mass is 35.5. The smallest absolute Gasteiger partial charge is 0.198 e. The molecule has 2 aromatic rings. The van der Waals surface area contributed by atoms with Gasteiger partial charge in [0.05, 0.1) is 22.0 Å². The second kappa shape index (κ2) is 3.81. The highest BCUT2D eigenvalue weighted by Crippen LogP contribution is 2.43. The van der Waals surface area contributed by atoms with Crippen LogP contribution in [0.25, 0.3) is 5.03 Å². The van der Waals surface area contributed by atoms with Gasteiger partial charge in [-0.3, -0.25) is 4.79 Å². The fraction of sp³-hybridized carbons (Fsp3) is 0. The number of halogens is 1. The maximum absolute atomic E-state index is 12.6. The van der Waals surface area contributed by atoms with Gasteiger partial charge in [0.2, 0.25) is 0 Å². The molecule has 1 N–H and O–H groups in total. The molecule has 0 amide bonds. The molecule has 2 aliphatic rings. The number of fused-ring (bicyclic) bond motifs is 4. The van der Waals surface area contributed by atoms with Crippen LogP contribution in [0.15, 0.2) is 53.0 Å². The summed E-state index contributed by atoms with van der Waals surface area (Å²) in [5, 5.41) is 9.94. The summed E-state index contributed by atoms with van der Waals surface area (Å²) < 4.78 is 0. The van der Waals surface area contributed by atoms with E-state index in [9.17, 15) is 9.90 Å². The molecule has 1 aliphatic heterocycles. The maximum Gasteiger partial charge on any atom is 0.198 e. The van der Waals surface area contributed by atoms with Crippen molar-refractivity contribution in [1.82, 2.24) is 0 Å². The van der Waals surface area contributed by atoms with Crippen molar-refractivity contribution < 1.29 is 9.90 Å². The molecule has 96 valence electrons. The fourth-order valence-corrected chi connectivity index (χ4v) is 2.97. The van der Waals surface area contributed by atoms with Crippen molar-refractivity contribution in [3.8, 4) is 5.75 Å². The molecule has 0 spiro atoms. The molecule has 0 atom stereocenters. The molecule has 3 nitrogen and oxygen atoms in total. The minimum atomic E-state index is -0.119. The molecule has 0 radical (unpaired) electrons. The van der Waals surface area contributed by atoms with E-state index in [4.69, 9.17) is 11.6 Å². The number of carbonyl (C=O) groups excluding carboxylic acids is 1. The van der Waals surface area contributed by atoms with Crippen molar-refractivity contribution in [3.63, 3.8) is 0 Å². The Hall–Kier alpha value is -2.39. The van der Waals surface area contributed by atoms with Gasteiger partial charge in [0.15, 0.2) is 5.78 Å². The lowest BCUT2D eigenvalue weighted by atomic mass is 9.95. The number of para-hydroxylation sites is 1. The van der Waals surface area contributed by atoms with Crippen molar-refractivity contribution >= 4 is 33.8 Å². The van der Waals surface area contributed by atoms with Gasteiger partial charge in [-0.05, 0) is 30.3 Å². The fourth-order valence-electron chi connectivity index (χ4n) is 2.64. The first-order chi connectivity index (χ1) is 9.66. The number of hydrogen-bond acceptors (Lipinski definition) is 3. The summed E-state index contributed by atoms with van der Waals surface area (Å²) >= 11 is 6.32. The van der Waals surface area contributed by atoms with Gasteiger partial charge in [0.1, 0.15) is 5.75 Å². The zero-order valence-corrected chi connectivity index (χ0v) is 11.0. The molecular formula is C16H8ClNO2. The number of aliphatic imine (C=N–C) groups is 1. The van der Waals surface area contributed by atoms with Crippen LogP contribution in [0.1, 0.15) is 21.5 Å². The van der Waals surface area contributed by atoms with Gasteiger partial charge in [-0.1, -0.05) is 23.7 Å². The second-order valence-electron chi connectivity index (χ2n) is 4.73. The van der Waals surface area contributed by atoms with Crippen molar-refractivity contribution in [2.75, 3.05) is 0 Å². The number of carbonyl (C=O) groups is 1. The quantitative estimate of drug-likeness (QED) is 0.801. The Labute approximate surface area is 119 Å². The summed E-state index contributed by atoms with van der Waals surface area (Å²) in [6.45, 7) is 0. The van der Waals surface area contributed by atoms with Crippen LogP contribution < -0.4 is 0 Å². The summed E-state index contributed by atoms with van der Waals surface area (Å²) in [6, 6.07) is 12.1. The summed E-state index contributed by atoms with van der Waals surface area (Å²) in [5.41, 5.74) is 3.66. The van der Waals surface area contributed by atoms with Crippen LogP contribution in [0.3, 0.4) is 0 Å².